The highest BCUT2D eigenvalue weighted by molar-refractivity contribution is 8.93. The van der Waals surface area contributed by atoms with E-state index in [0.717, 1.165) is 0 Å². The summed E-state index contributed by atoms with van der Waals surface area (Å²) in [5.41, 5.74) is 2.23. The molecule has 0 spiro atoms. The fraction of sp³-hybridized carbons (Fsp3) is 0.0476. The van der Waals surface area contributed by atoms with Gasteiger partial charge in [-0.05, 0) is 42.5 Å². The molecule has 134 valence electrons. The van der Waals surface area contributed by atoms with E-state index in [2.05, 4.69) is 5.32 Å². The molecule has 1 heterocycles. The van der Waals surface area contributed by atoms with E-state index < -0.39 is 0 Å². The number of hydrogen-bond acceptors (Lipinski definition) is 3. The number of aromatic nitrogens is 1. The Morgan fingerprint density at radius 3 is 2.30 bits per heavy atom. The van der Waals surface area contributed by atoms with E-state index in [4.69, 9.17) is 5.26 Å². The van der Waals surface area contributed by atoms with Gasteiger partial charge in [-0.1, -0.05) is 18.2 Å². The van der Waals surface area contributed by atoms with Gasteiger partial charge in [0.1, 0.15) is 11.6 Å². The topological polar surface area (TPSA) is 73.8 Å². The molecule has 0 bridgehead atoms. The van der Waals surface area contributed by atoms with Crippen LogP contribution in [0.1, 0.15) is 26.3 Å². The fourth-order valence-electron chi connectivity index (χ4n) is 2.48. The van der Waals surface area contributed by atoms with Crippen molar-refractivity contribution in [3.63, 3.8) is 0 Å². The average Bonchev–Trinajstić information content (AvgIpc) is 2.69. The second-order valence-electron chi connectivity index (χ2n) is 5.70. The van der Waals surface area contributed by atoms with Crippen LogP contribution in [0.2, 0.25) is 0 Å². The lowest BCUT2D eigenvalue weighted by molar-refractivity contribution is -0.683. The van der Waals surface area contributed by atoms with E-state index in [1.807, 2.05) is 12.1 Å². The molecule has 2 aromatic carbocycles. The molecule has 27 heavy (non-hydrogen) atoms. The van der Waals surface area contributed by atoms with Crippen molar-refractivity contribution in [2.75, 3.05) is 5.32 Å². The maximum absolute atomic E-state index is 12.4. The molecule has 5 nitrogen and oxygen atoms in total. The fourth-order valence-corrected chi connectivity index (χ4v) is 2.48. The number of nitrogens with zero attached hydrogens (tertiary/aromatic N) is 2. The van der Waals surface area contributed by atoms with Gasteiger partial charge in [0.05, 0.1) is 0 Å². The van der Waals surface area contributed by atoms with Crippen LogP contribution in [-0.4, -0.2) is 11.7 Å². The smallest absolute Gasteiger partial charge is 0.255 e. The van der Waals surface area contributed by atoms with Crippen LogP contribution in [0.3, 0.4) is 0 Å². The van der Waals surface area contributed by atoms with Crippen LogP contribution in [-0.2, 0) is 6.54 Å². The zero-order valence-corrected chi connectivity index (χ0v) is 16.0. The maximum Gasteiger partial charge on any atom is 0.255 e. The summed E-state index contributed by atoms with van der Waals surface area (Å²) in [5.74, 6) is -0.278. The normalized spacial score (nSPS) is 9.59. The highest BCUT2D eigenvalue weighted by Gasteiger charge is 2.13. The van der Waals surface area contributed by atoms with E-state index >= 15 is 0 Å². The van der Waals surface area contributed by atoms with Gasteiger partial charge >= 0.3 is 0 Å². The molecule has 0 saturated carbocycles. The first-order valence-corrected chi connectivity index (χ1v) is 8.04. The van der Waals surface area contributed by atoms with Gasteiger partial charge < -0.3 is 5.32 Å². The number of halogens is 1. The maximum atomic E-state index is 12.4. The minimum atomic E-state index is -0.200. The van der Waals surface area contributed by atoms with Crippen LogP contribution < -0.4 is 9.88 Å². The Morgan fingerprint density at radius 1 is 0.926 bits per heavy atom. The van der Waals surface area contributed by atoms with Gasteiger partial charge in [0.15, 0.2) is 12.4 Å². The molecule has 0 unspecified atom stereocenters. The molecule has 1 amide bonds. The van der Waals surface area contributed by atoms with Crippen molar-refractivity contribution >= 4 is 34.4 Å². The molecule has 6 heteroatoms. The SMILES string of the molecule is Br.N#Cc1ccc[n+](CC(=O)c2ccc(NC(=O)c3ccccc3)cc2)c1. The largest absolute Gasteiger partial charge is 0.322 e. The molecule has 0 saturated heterocycles. The molecule has 0 aliphatic heterocycles. The van der Waals surface area contributed by atoms with Crippen LogP contribution in [0.15, 0.2) is 79.1 Å². The average molecular weight is 423 g/mol. The Kier molecular flexibility index (Phi) is 6.98. The molecule has 0 aliphatic rings. The van der Waals surface area contributed by atoms with E-state index in [1.54, 1.807) is 77.6 Å². The Balaban J connectivity index is 0.00000261. The zero-order chi connectivity index (χ0) is 18.4. The number of carbonyl (C=O) groups is 2. The molecule has 3 aromatic rings. The van der Waals surface area contributed by atoms with Crippen molar-refractivity contribution in [3.05, 3.63) is 95.8 Å². The molecule has 0 fully saturated rings. The number of hydrogen-bond donors (Lipinski definition) is 1. The zero-order valence-electron chi connectivity index (χ0n) is 14.3. The highest BCUT2D eigenvalue weighted by Crippen LogP contribution is 2.12. The lowest BCUT2D eigenvalue weighted by Gasteiger charge is -2.06. The third-order valence-corrected chi connectivity index (χ3v) is 3.81. The van der Waals surface area contributed by atoms with Crippen molar-refractivity contribution in [2.45, 2.75) is 6.54 Å². The Bertz CT molecular complexity index is 980. The molecular formula is C21H17BrN3O2+. The predicted octanol–water partition coefficient (Wildman–Crippen LogP) is 3.56. The van der Waals surface area contributed by atoms with Crippen molar-refractivity contribution in [2.24, 2.45) is 0 Å². The summed E-state index contributed by atoms with van der Waals surface area (Å²) in [6, 6.07) is 21.1. The van der Waals surface area contributed by atoms with Gasteiger partial charge in [-0.15, -0.1) is 17.0 Å². The molecule has 0 radical (unpaired) electrons. The number of rotatable bonds is 5. The monoisotopic (exact) mass is 422 g/mol. The number of nitriles is 1. The van der Waals surface area contributed by atoms with Gasteiger partial charge in [-0.25, -0.2) is 0 Å². The number of benzene rings is 2. The number of nitrogens with one attached hydrogen (secondary N) is 1. The lowest BCUT2D eigenvalue weighted by Crippen LogP contribution is -2.37. The van der Waals surface area contributed by atoms with Gasteiger partial charge in [0.25, 0.3) is 5.91 Å². The second-order valence-corrected chi connectivity index (χ2v) is 5.70. The summed E-state index contributed by atoms with van der Waals surface area (Å²) >= 11 is 0. The standard InChI is InChI=1S/C21H15N3O2.BrH/c22-13-16-5-4-12-24(14-16)15-20(25)17-8-10-19(11-9-17)23-21(26)18-6-2-1-3-7-18;/h1-12,14H,15H2;1H/p+1. The molecule has 0 atom stereocenters. The Morgan fingerprint density at radius 2 is 1.63 bits per heavy atom. The molecule has 0 aliphatic carbocycles. The summed E-state index contributed by atoms with van der Waals surface area (Å²) in [5, 5.41) is 11.7. The van der Waals surface area contributed by atoms with Crippen molar-refractivity contribution in [3.8, 4) is 6.07 Å². The predicted molar refractivity (Wildman–Crippen MR) is 107 cm³/mol. The van der Waals surface area contributed by atoms with Crippen LogP contribution in [0.5, 0.6) is 0 Å². The number of Topliss-reactive ketones (excluding diaryl/α,β-unsaturated/α-hetero) is 1. The minimum absolute atomic E-state index is 0. The van der Waals surface area contributed by atoms with Gasteiger partial charge in [-0.3, -0.25) is 9.59 Å². The van der Waals surface area contributed by atoms with Crippen LogP contribution in [0, 0.1) is 11.3 Å². The lowest BCUT2D eigenvalue weighted by atomic mass is 10.1. The first-order chi connectivity index (χ1) is 12.7. The van der Waals surface area contributed by atoms with E-state index in [0.29, 0.717) is 22.4 Å². The summed E-state index contributed by atoms with van der Waals surface area (Å²) < 4.78 is 1.67. The van der Waals surface area contributed by atoms with E-state index in [-0.39, 0.29) is 35.2 Å². The number of ketones is 1. The Hall–Kier alpha value is -3.30. The molecule has 1 aromatic heterocycles. The van der Waals surface area contributed by atoms with Crippen LogP contribution in [0.25, 0.3) is 0 Å². The number of amides is 1. The first-order valence-electron chi connectivity index (χ1n) is 8.04. The van der Waals surface area contributed by atoms with Gasteiger partial charge in [0, 0.05) is 22.9 Å². The summed E-state index contributed by atoms with van der Waals surface area (Å²) in [7, 11) is 0. The summed E-state index contributed by atoms with van der Waals surface area (Å²) in [6.07, 6.45) is 3.37. The van der Waals surface area contributed by atoms with Gasteiger partial charge in [0.2, 0.25) is 12.3 Å². The third kappa shape index (κ3) is 5.33. The van der Waals surface area contributed by atoms with Crippen LogP contribution in [0.4, 0.5) is 5.69 Å². The quantitative estimate of drug-likeness (QED) is 0.504. The summed E-state index contributed by atoms with van der Waals surface area (Å²) in [4.78, 5) is 24.5. The first kappa shape index (κ1) is 20.0. The third-order valence-electron chi connectivity index (χ3n) is 3.81. The van der Waals surface area contributed by atoms with Gasteiger partial charge in [-0.2, -0.15) is 9.83 Å². The van der Waals surface area contributed by atoms with Crippen molar-refractivity contribution in [1.29, 1.82) is 5.26 Å². The molecule has 1 N–H and O–H groups in total. The molecular weight excluding hydrogens is 406 g/mol. The minimum Gasteiger partial charge on any atom is -0.322 e. The Labute approximate surface area is 167 Å². The van der Waals surface area contributed by atoms with Crippen molar-refractivity contribution < 1.29 is 14.2 Å². The number of anilines is 1. The second kappa shape index (κ2) is 9.41. The van der Waals surface area contributed by atoms with Crippen LogP contribution >= 0.6 is 17.0 Å². The number of pyridine rings is 1. The number of carbonyl (C=O) groups excluding carboxylic acids is 2. The summed E-state index contributed by atoms with van der Waals surface area (Å²) in [6.45, 7) is 0.144. The van der Waals surface area contributed by atoms with Crippen molar-refractivity contribution in [1.82, 2.24) is 0 Å². The molecule has 3 rings (SSSR count). The van der Waals surface area contributed by atoms with E-state index in [1.165, 1.54) is 0 Å². The highest BCUT2D eigenvalue weighted by atomic mass is 79.9. The van der Waals surface area contributed by atoms with E-state index in [9.17, 15) is 9.59 Å².